The number of carbonyl (C=O) groups excluding carboxylic acids is 1. The molecule has 0 aliphatic carbocycles. The summed E-state index contributed by atoms with van der Waals surface area (Å²) in [5.41, 5.74) is 2.18. The SMILES string of the molecule is Cc1cccnc1NC(=O)c1cc(Cl)nc(C(C)C)c1. The fraction of sp³-hybridized carbons (Fsp3) is 0.267. The molecular weight excluding hydrogens is 274 g/mol. The summed E-state index contributed by atoms with van der Waals surface area (Å²) in [6, 6.07) is 7.03. The van der Waals surface area contributed by atoms with Crippen LogP contribution in [0.5, 0.6) is 0 Å². The Morgan fingerprint density at radius 2 is 2.10 bits per heavy atom. The minimum absolute atomic E-state index is 0.205. The van der Waals surface area contributed by atoms with Crippen molar-refractivity contribution in [2.45, 2.75) is 26.7 Å². The van der Waals surface area contributed by atoms with Gasteiger partial charge in [0.1, 0.15) is 11.0 Å². The molecule has 0 aliphatic rings. The summed E-state index contributed by atoms with van der Waals surface area (Å²) in [6.45, 7) is 5.90. The van der Waals surface area contributed by atoms with Gasteiger partial charge in [0.2, 0.25) is 0 Å². The molecule has 0 saturated heterocycles. The number of pyridine rings is 2. The predicted molar refractivity (Wildman–Crippen MR) is 80.3 cm³/mol. The number of aryl methyl sites for hydroxylation is 1. The quantitative estimate of drug-likeness (QED) is 0.874. The fourth-order valence-corrected chi connectivity index (χ4v) is 1.96. The molecule has 104 valence electrons. The van der Waals surface area contributed by atoms with Crippen LogP contribution in [0.15, 0.2) is 30.5 Å². The summed E-state index contributed by atoms with van der Waals surface area (Å²) in [4.78, 5) is 20.6. The average molecular weight is 290 g/mol. The van der Waals surface area contributed by atoms with Gasteiger partial charge in [-0.25, -0.2) is 9.97 Å². The number of hydrogen-bond acceptors (Lipinski definition) is 3. The number of amides is 1. The Morgan fingerprint density at radius 1 is 1.35 bits per heavy atom. The lowest BCUT2D eigenvalue weighted by molar-refractivity contribution is 0.102. The number of anilines is 1. The maximum absolute atomic E-state index is 12.3. The second-order valence-corrected chi connectivity index (χ2v) is 5.27. The lowest BCUT2D eigenvalue weighted by Crippen LogP contribution is -2.14. The lowest BCUT2D eigenvalue weighted by atomic mass is 10.1. The van der Waals surface area contributed by atoms with Crippen LogP contribution < -0.4 is 5.32 Å². The van der Waals surface area contributed by atoms with Crippen LogP contribution in [0.25, 0.3) is 0 Å². The maximum Gasteiger partial charge on any atom is 0.256 e. The normalized spacial score (nSPS) is 10.7. The largest absolute Gasteiger partial charge is 0.306 e. The van der Waals surface area contributed by atoms with Gasteiger partial charge in [-0.15, -0.1) is 0 Å². The molecule has 0 saturated carbocycles. The van der Waals surface area contributed by atoms with Gasteiger partial charge >= 0.3 is 0 Å². The first-order valence-corrected chi connectivity index (χ1v) is 6.75. The number of aromatic nitrogens is 2. The highest BCUT2D eigenvalue weighted by Gasteiger charge is 2.12. The summed E-state index contributed by atoms with van der Waals surface area (Å²) in [5.74, 6) is 0.520. The van der Waals surface area contributed by atoms with E-state index in [0.717, 1.165) is 11.3 Å². The molecule has 4 nitrogen and oxygen atoms in total. The van der Waals surface area contributed by atoms with Gasteiger partial charge in [-0.2, -0.15) is 0 Å². The van der Waals surface area contributed by atoms with Crippen LogP contribution in [-0.2, 0) is 0 Å². The van der Waals surface area contributed by atoms with Crippen molar-refractivity contribution in [2.75, 3.05) is 5.32 Å². The van der Waals surface area contributed by atoms with Crippen LogP contribution in [0.3, 0.4) is 0 Å². The van der Waals surface area contributed by atoms with Gasteiger partial charge in [0.05, 0.1) is 0 Å². The van der Waals surface area contributed by atoms with Crippen LogP contribution in [0.1, 0.15) is 41.4 Å². The molecule has 0 spiro atoms. The summed E-state index contributed by atoms with van der Waals surface area (Å²) in [5, 5.41) is 3.10. The fourth-order valence-electron chi connectivity index (χ4n) is 1.74. The maximum atomic E-state index is 12.3. The topological polar surface area (TPSA) is 54.9 Å². The van der Waals surface area contributed by atoms with Crippen molar-refractivity contribution in [3.05, 3.63) is 52.4 Å². The Balaban J connectivity index is 2.28. The highest BCUT2D eigenvalue weighted by molar-refractivity contribution is 6.29. The molecule has 2 heterocycles. The summed E-state index contributed by atoms with van der Waals surface area (Å²) < 4.78 is 0. The number of halogens is 1. The number of nitrogens with one attached hydrogen (secondary N) is 1. The average Bonchev–Trinajstić information content (AvgIpc) is 2.40. The summed E-state index contributed by atoms with van der Waals surface area (Å²) in [6.07, 6.45) is 1.64. The second-order valence-electron chi connectivity index (χ2n) is 4.88. The van der Waals surface area contributed by atoms with Crippen LogP contribution in [-0.4, -0.2) is 15.9 Å². The van der Waals surface area contributed by atoms with Crippen molar-refractivity contribution < 1.29 is 4.79 Å². The summed E-state index contributed by atoms with van der Waals surface area (Å²) in [7, 11) is 0. The van der Waals surface area contributed by atoms with Gasteiger partial charge in [-0.3, -0.25) is 4.79 Å². The van der Waals surface area contributed by atoms with E-state index < -0.39 is 0 Å². The van der Waals surface area contributed by atoms with E-state index in [1.54, 1.807) is 18.3 Å². The molecule has 0 atom stereocenters. The first-order chi connectivity index (χ1) is 9.47. The molecule has 0 bridgehead atoms. The Kier molecular flexibility index (Phi) is 4.35. The van der Waals surface area contributed by atoms with E-state index in [4.69, 9.17) is 11.6 Å². The van der Waals surface area contributed by atoms with Crippen LogP contribution in [0.2, 0.25) is 5.15 Å². The van der Waals surface area contributed by atoms with Crippen molar-refractivity contribution in [3.8, 4) is 0 Å². The van der Waals surface area contributed by atoms with E-state index in [1.807, 2.05) is 32.9 Å². The number of nitrogens with zero attached hydrogens (tertiary/aromatic N) is 2. The lowest BCUT2D eigenvalue weighted by Gasteiger charge is -2.10. The molecule has 0 radical (unpaired) electrons. The van der Waals surface area contributed by atoms with E-state index >= 15 is 0 Å². The van der Waals surface area contributed by atoms with E-state index in [1.165, 1.54) is 0 Å². The molecule has 2 rings (SSSR count). The van der Waals surface area contributed by atoms with Gasteiger partial charge in [0.25, 0.3) is 5.91 Å². The Morgan fingerprint density at radius 3 is 2.75 bits per heavy atom. The molecular formula is C15H16ClN3O. The molecule has 0 unspecified atom stereocenters. The van der Waals surface area contributed by atoms with Gasteiger partial charge in [0, 0.05) is 17.5 Å². The molecule has 5 heteroatoms. The molecule has 0 fully saturated rings. The Hall–Kier alpha value is -1.94. The van der Waals surface area contributed by atoms with E-state index in [2.05, 4.69) is 15.3 Å². The number of carbonyl (C=O) groups is 1. The Labute approximate surface area is 123 Å². The minimum Gasteiger partial charge on any atom is -0.306 e. The van der Waals surface area contributed by atoms with Crippen molar-refractivity contribution in [3.63, 3.8) is 0 Å². The van der Waals surface area contributed by atoms with Crippen molar-refractivity contribution in [2.24, 2.45) is 0 Å². The first kappa shape index (κ1) is 14.5. The standard InChI is InChI=1S/C15H16ClN3O/c1-9(2)12-7-11(8-13(16)18-12)15(20)19-14-10(3)5-4-6-17-14/h4-9H,1-3H3,(H,17,19,20). The molecule has 0 aromatic carbocycles. The third-order valence-electron chi connectivity index (χ3n) is 2.91. The number of rotatable bonds is 3. The highest BCUT2D eigenvalue weighted by Crippen LogP contribution is 2.19. The van der Waals surface area contributed by atoms with Gasteiger partial charge < -0.3 is 5.32 Å². The van der Waals surface area contributed by atoms with Crippen LogP contribution >= 0.6 is 11.6 Å². The van der Waals surface area contributed by atoms with Gasteiger partial charge in [0.15, 0.2) is 0 Å². The Bertz CT molecular complexity index is 641. The third kappa shape index (κ3) is 3.33. The van der Waals surface area contributed by atoms with Crippen LogP contribution in [0, 0.1) is 6.92 Å². The van der Waals surface area contributed by atoms with Crippen molar-refractivity contribution in [1.82, 2.24) is 9.97 Å². The van der Waals surface area contributed by atoms with E-state index in [0.29, 0.717) is 16.5 Å². The molecule has 2 aromatic rings. The number of hydrogen-bond donors (Lipinski definition) is 1. The van der Waals surface area contributed by atoms with Gasteiger partial charge in [-0.1, -0.05) is 31.5 Å². The summed E-state index contributed by atoms with van der Waals surface area (Å²) >= 11 is 5.97. The zero-order valence-electron chi connectivity index (χ0n) is 11.6. The van der Waals surface area contributed by atoms with E-state index in [9.17, 15) is 4.79 Å². The van der Waals surface area contributed by atoms with Crippen molar-refractivity contribution >= 4 is 23.3 Å². The first-order valence-electron chi connectivity index (χ1n) is 6.38. The third-order valence-corrected chi connectivity index (χ3v) is 3.10. The van der Waals surface area contributed by atoms with Crippen molar-refractivity contribution in [1.29, 1.82) is 0 Å². The zero-order chi connectivity index (χ0) is 14.7. The van der Waals surface area contributed by atoms with Gasteiger partial charge in [-0.05, 0) is 36.6 Å². The molecule has 20 heavy (non-hydrogen) atoms. The molecule has 0 aliphatic heterocycles. The highest BCUT2D eigenvalue weighted by atomic mass is 35.5. The predicted octanol–water partition coefficient (Wildman–Crippen LogP) is 3.81. The molecule has 1 N–H and O–H groups in total. The monoisotopic (exact) mass is 289 g/mol. The zero-order valence-corrected chi connectivity index (χ0v) is 12.4. The molecule has 1 amide bonds. The second kappa shape index (κ2) is 6.01. The minimum atomic E-state index is -0.238. The smallest absolute Gasteiger partial charge is 0.256 e. The van der Waals surface area contributed by atoms with E-state index in [-0.39, 0.29) is 11.8 Å². The molecule has 2 aromatic heterocycles. The van der Waals surface area contributed by atoms with Crippen LogP contribution in [0.4, 0.5) is 5.82 Å².